The lowest BCUT2D eigenvalue weighted by Gasteiger charge is -2.28. The zero-order valence-electron chi connectivity index (χ0n) is 17.2. The number of rotatable bonds is 6. The maximum Gasteiger partial charge on any atom is 0.265 e. The summed E-state index contributed by atoms with van der Waals surface area (Å²) in [6, 6.07) is 3.82. The minimum absolute atomic E-state index is 0.131. The fourth-order valence-electron chi connectivity index (χ4n) is 4.22. The molecule has 0 radical (unpaired) electrons. The summed E-state index contributed by atoms with van der Waals surface area (Å²) in [7, 11) is 0. The second kappa shape index (κ2) is 7.89. The summed E-state index contributed by atoms with van der Waals surface area (Å²) in [4.78, 5) is 33.0. The smallest absolute Gasteiger partial charge is 0.265 e. The number of furan rings is 2. The fourth-order valence-corrected chi connectivity index (χ4v) is 4.22. The van der Waals surface area contributed by atoms with Gasteiger partial charge in [-0.25, -0.2) is 4.98 Å². The molecule has 154 valence electrons. The highest BCUT2D eigenvalue weighted by Crippen LogP contribution is 2.30. The number of nitrogens with zero attached hydrogens (tertiary/aromatic N) is 3. The molecule has 1 fully saturated rings. The van der Waals surface area contributed by atoms with Crippen LogP contribution in [0.5, 0.6) is 0 Å². The van der Waals surface area contributed by atoms with E-state index in [0.717, 1.165) is 31.4 Å². The molecule has 0 spiro atoms. The van der Waals surface area contributed by atoms with Crippen LogP contribution in [-0.4, -0.2) is 26.4 Å². The first-order chi connectivity index (χ1) is 14.0. The van der Waals surface area contributed by atoms with Gasteiger partial charge in [0.1, 0.15) is 23.2 Å². The van der Waals surface area contributed by atoms with E-state index in [1.54, 1.807) is 17.8 Å². The van der Waals surface area contributed by atoms with Crippen LogP contribution in [0, 0.1) is 12.8 Å². The van der Waals surface area contributed by atoms with E-state index in [1.807, 2.05) is 30.9 Å². The summed E-state index contributed by atoms with van der Waals surface area (Å²) in [5.41, 5.74) is 0.322. The van der Waals surface area contributed by atoms with Crippen LogP contribution in [0.1, 0.15) is 61.4 Å². The normalized spacial score (nSPS) is 14.9. The van der Waals surface area contributed by atoms with Crippen molar-refractivity contribution in [3.05, 3.63) is 52.2 Å². The Morgan fingerprint density at radius 3 is 2.76 bits per heavy atom. The third kappa shape index (κ3) is 3.73. The molecule has 1 aliphatic rings. The molecule has 1 aliphatic carbocycles. The Morgan fingerprint density at radius 1 is 1.34 bits per heavy atom. The van der Waals surface area contributed by atoms with Gasteiger partial charge in [-0.05, 0) is 37.8 Å². The highest BCUT2D eigenvalue weighted by atomic mass is 16.3. The van der Waals surface area contributed by atoms with Gasteiger partial charge in [-0.2, -0.15) is 0 Å². The van der Waals surface area contributed by atoms with Gasteiger partial charge in [-0.1, -0.05) is 26.7 Å². The van der Waals surface area contributed by atoms with Gasteiger partial charge in [0.2, 0.25) is 5.71 Å². The molecular weight excluding hydrogens is 370 g/mol. The van der Waals surface area contributed by atoms with Crippen LogP contribution in [0.3, 0.4) is 0 Å². The Kier molecular flexibility index (Phi) is 5.30. The van der Waals surface area contributed by atoms with Crippen LogP contribution in [0.2, 0.25) is 0 Å². The SMILES string of the molecule is Cc1oc2ncn(CC(C)C)c(=O)c2c1C(=O)N(Cc1ccco1)C1CCCC1. The van der Waals surface area contributed by atoms with E-state index in [-0.39, 0.29) is 34.5 Å². The zero-order chi connectivity index (χ0) is 20.5. The average molecular weight is 397 g/mol. The van der Waals surface area contributed by atoms with Crippen LogP contribution in [0.4, 0.5) is 0 Å². The van der Waals surface area contributed by atoms with Crippen molar-refractivity contribution in [2.45, 2.75) is 65.6 Å². The van der Waals surface area contributed by atoms with Crippen molar-refractivity contribution < 1.29 is 13.6 Å². The van der Waals surface area contributed by atoms with E-state index < -0.39 is 0 Å². The molecule has 7 heteroatoms. The molecule has 0 aliphatic heterocycles. The van der Waals surface area contributed by atoms with E-state index in [0.29, 0.717) is 24.4 Å². The monoisotopic (exact) mass is 397 g/mol. The highest BCUT2D eigenvalue weighted by Gasteiger charge is 2.32. The third-order valence-corrected chi connectivity index (χ3v) is 5.56. The summed E-state index contributed by atoms with van der Waals surface area (Å²) < 4.78 is 12.8. The molecule has 1 amide bonds. The maximum absolute atomic E-state index is 13.7. The third-order valence-electron chi connectivity index (χ3n) is 5.56. The average Bonchev–Trinajstić information content (AvgIpc) is 3.41. The molecule has 4 rings (SSSR count). The van der Waals surface area contributed by atoms with Crippen molar-refractivity contribution in [3.63, 3.8) is 0 Å². The lowest BCUT2D eigenvalue weighted by molar-refractivity contribution is 0.0649. The first-order valence-electron chi connectivity index (χ1n) is 10.3. The number of hydrogen-bond acceptors (Lipinski definition) is 5. The first kappa shape index (κ1) is 19.5. The van der Waals surface area contributed by atoms with Crippen LogP contribution < -0.4 is 5.56 Å². The molecule has 0 saturated heterocycles. The first-order valence-corrected chi connectivity index (χ1v) is 10.3. The van der Waals surface area contributed by atoms with Gasteiger partial charge in [-0.15, -0.1) is 0 Å². The molecule has 0 atom stereocenters. The van der Waals surface area contributed by atoms with E-state index in [9.17, 15) is 9.59 Å². The number of aromatic nitrogens is 2. The second-order valence-electron chi connectivity index (χ2n) is 8.26. The van der Waals surface area contributed by atoms with Crippen molar-refractivity contribution in [2.75, 3.05) is 0 Å². The molecule has 0 aromatic carbocycles. The Balaban J connectivity index is 1.79. The molecular formula is C22H27N3O4. The summed E-state index contributed by atoms with van der Waals surface area (Å²) in [6.07, 6.45) is 7.22. The van der Waals surface area contributed by atoms with Crippen molar-refractivity contribution in [2.24, 2.45) is 5.92 Å². The lowest BCUT2D eigenvalue weighted by Crippen LogP contribution is -2.39. The summed E-state index contributed by atoms with van der Waals surface area (Å²) in [5.74, 6) is 1.25. The van der Waals surface area contributed by atoms with E-state index in [1.165, 1.54) is 6.33 Å². The topological polar surface area (TPSA) is 81.5 Å². The quantitative estimate of drug-likeness (QED) is 0.625. The second-order valence-corrected chi connectivity index (χ2v) is 8.26. The molecule has 0 N–H and O–H groups in total. The van der Waals surface area contributed by atoms with Crippen LogP contribution in [0.25, 0.3) is 11.1 Å². The molecule has 7 nitrogen and oxygen atoms in total. The Hall–Kier alpha value is -2.83. The standard InChI is InChI=1S/C22H27N3O4/c1-14(2)11-24-13-23-20-19(21(24)26)18(15(3)29-20)22(27)25(16-7-4-5-8-16)12-17-9-6-10-28-17/h6,9-10,13-14,16H,4-5,7-8,11-12H2,1-3H3. The molecule has 3 aromatic heterocycles. The molecule has 29 heavy (non-hydrogen) atoms. The Labute approximate surface area is 169 Å². The van der Waals surface area contributed by atoms with Crippen molar-refractivity contribution in [1.29, 1.82) is 0 Å². The number of carbonyl (C=O) groups is 1. The molecule has 0 unspecified atom stereocenters. The predicted octanol–water partition coefficient (Wildman–Crippen LogP) is 4.13. The van der Waals surface area contributed by atoms with Gasteiger partial charge in [-0.3, -0.25) is 14.2 Å². The van der Waals surface area contributed by atoms with Gasteiger partial charge in [0.15, 0.2) is 0 Å². The van der Waals surface area contributed by atoms with Crippen LogP contribution >= 0.6 is 0 Å². The summed E-state index contributed by atoms with van der Waals surface area (Å²) in [5, 5.41) is 0.276. The summed E-state index contributed by atoms with van der Waals surface area (Å²) in [6.45, 7) is 6.71. The van der Waals surface area contributed by atoms with E-state index >= 15 is 0 Å². The van der Waals surface area contributed by atoms with Crippen molar-refractivity contribution in [1.82, 2.24) is 14.5 Å². The molecule has 3 aromatic rings. The minimum atomic E-state index is -0.228. The van der Waals surface area contributed by atoms with Gasteiger partial charge in [0.25, 0.3) is 11.5 Å². The van der Waals surface area contributed by atoms with Crippen molar-refractivity contribution >= 4 is 17.0 Å². The lowest BCUT2D eigenvalue weighted by atomic mass is 10.1. The number of hydrogen-bond donors (Lipinski definition) is 0. The highest BCUT2D eigenvalue weighted by molar-refractivity contribution is 6.06. The Bertz CT molecular complexity index is 1060. The zero-order valence-corrected chi connectivity index (χ0v) is 17.2. The largest absolute Gasteiger partial charge is 0.467 e. The maximum atomic E-state index is 13.7. The number of fused-ring (bicyclic) bond motifs is 1. The van der Waals surface area contributed by atoms with Crippen molar-refractivity contribution in [3.8, 4) is 0 Å². The van der Waals surface area contributed by atoms with Crippen LogP contribution in [0.15, 0.2) is 38.4 Å². The van der Waals surface area contributed by atoms with Gasteiger partial charge in [0, 0.05) is 12.6 Å². The molecule has 1 saturated carbocycles. The number of carbonyl (C=O) groups excluding carboxylic acids is 1. The summed E-state index contributed by atoms with van der Waals surface area (Å²) >= 11 is 0. The van der Waals surface area contributed by atoms with Gasteiger partial charge in [0.05, 0.1) is 18.4 Å². The van der Waals surface area contributed by atoms with Crippen LogP contribution in [-0.2, 0) is 13.1 Å². The molecule has 0 bridgehead atoms. The van der Waals surface area contributed by atoms with E-state index in [2.05, 4.69) is 4.98 Å². The van der Waals surface area contributed by atoms with E-state index in [4.69, 9.17) is 8.83 Å². The van der Waals surface area contributed by atoms with Gasteiger partial charge >= 0.3 is 0 Å². The fraction of sp³-hybridized carbons (Fsp3) is 0.500. The number of aryl methyl sites for hydroxylation is 1. The predicted molar refractivity (Wildman–Crippen MR) is 109 cm³/mol. The van der Waals surface area contributed by atoms with Gasteiger partial charge < -0.3 is 13.7 Å². The Morgan fingerprint density at radius 2 is 2.10 bits per heavy atom. The number of amides is 1. The molecule has 3 heterocycles. The minimum Gasteiger partial charge on any atom is -0.467 e.